The Labute approximate surface area is 80.3 Å². The van der Waals surface area contributed by atoms with Gasteiger partial charge in [-0.1, -0.05) is 26.7 Å². The van der Waals surface area contributed by atoms with E-state index in [1.165, 1.54) is 0 Å². The lowest BCUT2D eigenvalue weighted by Crippen LogP contribution is -2.31. The molecule has 0 aromatic heterocycles. The molecule has 3 N–H and O–H groups in total. The van der Waals surface area contributed by atoms with Crippen LogP contribution in [0.1, 0.15) is 46.0 Å². The second-order valence-electron chi connectivity index (χ2n) is 3.80. The topological polar surface area (TPSA) is 63.3 Å². The van der Waals surface area contributed by atoms with Gasteiger partial charge in [-0.3, -0.25) is 4.79 Å². The number of hydrogen-bond acceptors (Lipinski definition) is 2. The first-order valence-electron chi connectivity index (χ1n) is 4.99. The minimum Gasteiger partial charge on any atom is -0.396 e. The lowest BCUT2D eigenvalue weighted by Gasteiger charge is -2.30. The normalized spacial score (nSPS) is 11.6. The Kier molecular flexibility index (Phi) is 5.71. The molecule has 0 aliphatic carbocycles. The Hall–Kier alpha value is -0.570. The van der Waals surface area contributed by atoms with Crippen LogP contribution >= 0.6 is 0 Å². The Bertz CT molecular complexity index is 151. The van der Waals surface area contributed by atoms with Gasteiger partial charge in [0.1, 0.15) is 0 Å². The van der Waals surface area contributed by atoms with E-state index in [0.29, 0.717) is 6.42 Å². The van der Waals surface area contributed by atoms with Crippen molar-refractivity contribution in [3.05, 3.63) is 0 Å². The third-order valence-electron chi connectivity index (χ3n) is 2.45. The molecule has 78 valence electrons. The number of hydrogen-bond donors (Lipinski definition) is 2. The Morgan fingerprint density at radius 2 is 1.77 bits per heavy atom. The predicted molar refractivity (Wildman–Crippen MR) is 53.1 cm³/mol. The number of carbonyl (C=O) groups excluding carboxylic acids is 1. The monoisotopic (exact) mass is 187 g/mol. The van der Waals surface area contributed by atoms with Gasteiger partial charge in [-0.05, 0) is 12.8 Å². The summed E-state index contributed by atoms with van der Waals surface area (Å²) in [5.41, 5.74) is 4.91. The highest BCUT2D eigenvalue weighted by atomic mass is 16.3. The molecule has 0 aromatic carbocycles. The van der Waals surface area contributed by atoms with Crippen molar-refractivity contribution >= 4 is 5.91 Å². The van der Waals surface area contributed by atoms with Crippen LogP contribution in [0.15, 0.2) is 0 Å². The highest BCUT2D eigenvalue weighted by molar-refractivity contribution is 5.74. The molecular weight excluding hydrogens is 166 g/mol. The molecule has 0 saturated carbocycles. The van der Waals surface area contributed by atoms with Crippen LogP contribution in [-0.4, -0.2) is 17.6 Å². The second-order valence-corrected chi connectivity index (χ2v) is 3.80. The molecule has 0 fully saturated rings. The minimum absolute atomic E-state index is 0.0671. The summed E-state index contributed by atoms with van der Waals surface area (Å²) in [6.07, 6.45) is 4.02. The zero-order valence-electron chi connectivity index (χ0n) is 8.68. The molecule has 1 amide bonds. The first-order chi connectivity index (χ1) is 6.10. The second kappa shape index (κ2) is 5.97. The smallest absolute Gasteiger partial charge is 0.218 e. The molecule has 13 heavy (non-hydrogen) atoms. The summed E-state index contributed by atoms with van der Waals surface area (Å²) < 4.78 is 0. The minimum atomic E-state index is -0.309. The van der Waals surface area contributed by atoms with E-state index in [1.807, 2.05) is 0 Å². The zero-order valence-corrected chi connectivity index (χ0v) is 8.68. The van der Waals surface area contributed by atoms with Gasteiger partial charge >= 0.3 is 0 Å². The molecule has 0 heterocycles. The lowest BCUT2D eigenvalue weighted by molar-refractivity contribution is -0.121. The SMILES string of the molecule is CCCC(CO)(CCC)CC(N)=O. The molecule has 0 aliphatic rings. The Morgan fingerprint density at radius 3 is 2.00 bits per heavy atom. The van der Waals surface area contributed by atoms with Gasteiger partial charge in [0.2, 0.25) is 5.91 Å². The van der Waals surface area contributed by atoms with Gasteiger partial charge in [-0.15, -0.1) is 0 Å². The molecule has 3 heteroatoms. The number of aliphatic hydroxyl groups excluding tert-OH is 1. The zero-order chi connectivity index (χ0) is 10.3. The van der Waals surface area contributed by atoms with E-state index in [1.54, 1.807) is 0 Å². The van der Waals surface area contributed by atoms with Crippen molar-refractivity contribution in [2.24, 2.45) is 11.1 Å². The molecule has 0 aliphatic heterocycles. The number of rotatable bonds is 7. The number of primary amides is 1. The largest absolute Gasteiger partial charge is 0.396 e. The summed E-state index contributed by atoms with van der Waals surface area (Å²) in [5, 5.41) is 9.28. The third-order valence-corrected chi connectivity index (χ3v) is 2.45. The van der Waals surface area contributed by atoms with Crippen LogP contribution in [0.5, 0.6) is 0 Å². The van der Waals surface area contributed by atoms with Crippen LogP contribution in [0, 0.1) is 5.41 Å². The van der Waals surface area contributed by atoms with Crippen LogP contribution in [0.3, 0.4) is 0 Å². The number of amides is 1. The van der Waals surface area contributed by atoms with Gasteiger partial charge in [-0.2, -0.15) is 0 Å². The van der Waals surface area contributed by atoms with Crippen molar-refractivity contribution in [2.75, 3.05) is 6.61 Å². The summed E-state index contributed by atoms with van der Waals surface area (Å²) in [7, 11) is 0. The van der Waals surface area contributed by atoms with Crippen molar-refractivity contribution < 1.29 is 9.90 Å². The Balaban J connectivity index is 4.33. The maximum Gasteiger partial charge on any atom is 0.218 e. The Morgan fingerprint density at radius 1 is 1.31 bits per heavy atom. The van der Waals surface area contributed by atoms with Crippen molar-refractivity contribution in [1.29, 1.82) is 0 Å². The first-order valence-corrected chi connectivity index (χ1v) is 4.99. The van der Waals surface area contributed by atoms with Crippen molar-refractivity contribution in [3.63, 3.8) is 0 Å². The van der Waals surface area contributed by atoms with E-state index in [4.69, 9.17) is 5.73 Å². The van der Waals surface area contributed by atoms with Crippen molar-refractivity contribution in [1.82, 2.24) is 0 Å². The van der Waals surface area contributed by atoms with Crippen LogP contribution in [0.25, 0.3) is 0 Å². The standard InChI is InChI=1S/C10H21NO2/c1-3-5-10(8-12,6-4-2)7-9(11)13/h12H,3-8H2,1-2H3,(H2,11,13). The van der Waals surface area contributed by atoms with Crippen molar-refractivity contribution in [2.45, 2.75) is 46.0 Å². The van der Waals surface area contributed by atoms with Gasteiger partial charge < -0.3 is 10.8 Å². The maximum absolute atomic E-state index is 10.8. The lowest BCUT2D eigenvalue weighted by atomic mass is 9.77. The van der Waals surface area contributed by atoms with E-state index in [2.05, 4.69) is 13.8 Å². The first kappa shape index (κ1) is 12.4. The third kappa shape index (κ3) is 4.27. The van der Waals surface area contributed by atoms with Gasteiger partial charge in [0, 0.05) is 18.4 Å². The fourth-order valence-corrected chi connectivity index (χ4v) is 1.95. The number of aliphatic hydroxyl groups is 1. The molecule has 0 bridgehead atoms. The van der Waals surface area contributed by atoms with E-state index in [9.17, 15) is 9.90 Å². The van der Waals surface area contributed by atoms with Crippen molar-refractivity contribution in [3.8, 4) is 0 Å². The van der Waals surface area contributed by atoms with Crippen LogP contribution in [0.4, 0.5) is 0 Å². The molecular formula is C10H21NO2. The van der Waals surface area contributed by atoms with Crippen LogP contribution in [0.2, 0.25) is 0 Å². The summed E-state index contributed by atoms with van der Waals surface area (Å²) in [5.74, 6) is -0.309. The molecule has 0 saturated heterocycles. The fraction of sp³-hybridized carbons (Fsp3) is 0.900. The number of carbonyl (C=O) groups is 1. The predicted octanol–water partition coefficient (Wildman–Crippen LogP) is 1.44. The van der Waals surface area contributed by atoms with Crippen LogP contribution < -0.4 is 5.73 Å². The summed E-state index contributed by atoms with van der Waals surface area (Å²) in [6, 6.07) is 0. The average molecular weight is 187 g/mol. The average Bonchev–Trinajstić information content (AvgIpc) is 2.04. The molecule has 0 spiro atoms. The molecule has 0 rings (SSSR count). The maximum atomic E-state index is 10.8. The summed E-state index contributed by atoms with van der Waals surface area (Å²) in [6.45, 7) is 4.18. The molecule has 0 radical (unpaired) electrons. The van der Waals surface area contributed by atoms with Gasteiger partial charge in [-0.25, -0.2) is 0 Å². The molecule has 0 unspecified atom stereocenters. The summed E-state index contributed by atoms with van der Waals surface area (Å²) >= 11 is 0. The molecule has 0 aromatic rings. The van der Waals surface area contributed by atoms with E-state index < -0.39 is 0 Å². The molecule has 0 atom stereocenters. The molecule has 3 nitrogen and oxygen atoms in total. The van der Waals surface area contributed by atoms with E-state index in [0.717, 1.165) is 25.7 Å². The highest BCUT2D eigenvalue weighted by Crippen LogP contribution is 2.32. The van der Waals surface area contributed by atoms with Gasteiger partial charge in [0.25, 0.3) is 0 Å². The highest BCUT2D eigenvalue weighted by Gasteiger charge is 2.29. The van der Waals surface area contributed by atoms with Crippen LogP contribution in [-0.2, 0) is 4.79 Å². The van der Waals surface area contributed by atoms with Gasteiger partial charge in [0.05, 0.1) is 0 Å². The van der Waals surface area contributed by atoms with E-state index >= 15 is 0 Å². The quantitative estimate of drug-likeness (QED) is 0.633. The van der Waals surface area contributed by atoms with E-state index in [-0.39, 0.29) is 17.9 Å². The van der Waals surface area contributed by atoms with Gasteiger partial charge in [0.15, 0.2) is 0 Å². The number of nitrogens with two attached hydrogens (primary N) is 1. The fourth-order valence-electron chi connectivity index (χ4n) is 1.95. The summed E-state index contributed by atoms with van der Waals surface area (Å²) in [4.78, 5) is 10.8.